The van der Waals surface area contributed by atoms with Crippen LogP contribution in [0.4, 0.5) is 5.95 Å². The molecule has 0 amide bonds. The van der Waals surface area contributed by atoms with Crippen molar-refractivity contribution in [3.63, 3.8) is 0 Å². The van der Waals surface area contributed by atoms with Crippen LogP contribution in [-0.2, 0) is 5.75 Å². The van der Waals surface area contributed by atoms with E-state index in [4.69, 9.17) is 17.4 Å². The van der Waals surface area contributed by atoms with Crippen LogP contribution in [0, 0.1) is 0 Å². The summed E-state index contributed by atoms with van der Waals surface area (Å²) in [5, 5.41) is 1.58. The molecule has 0 bridgehead atoms. The SMILES string of the molecule is NNc1ncc(Br)c(SCc2ccc(Cl)cc2)n1. The van der Waals surface area contributed by atoms with Gasteiger partial charge in [-0.05, 0) is 33.6 Å². The van der Waals surface area contributed by atoms with E-state index >= 15 is 0 Å². The van der Waals surface area contributed by atoms with Gasteiger partial charge in [-0.2, -0.15) is 0 Å². The highest BCUT2D eigenvalue weighted by Gasteiger charge is 2.05. The summed E-state index contributed by atoms with van der Waals surface area (Å²) in [5.41, 5.74) is 3.60. The van der Waals surface area contributed by atoms with Gasteiger partial charge in [0.05, 0.1) is 4.47 Å². The highest BCUT2D eigenvalue weighted by Crippen LogP contribution is 2.28. The minimum atomic E-state index is 0.400. The van der Waals surface area contributed by atoms with E-state index in [-0.39, 0.29) is 0 Å². The number of nitrogens with zero attached hydrogens (tertiary/aromatic N) is 2. The summed E-state index contributed by atoms with van der Waals surface area (Å²) < 4.78 is 0.848. The Morgan fingerprint density at radius 2 is 2.06 bits per heavy atom. The largest absolute Gasteiger partial charge is 0.292 e. The van der Waals surface area contributed by atoms with E-state index in [1.165, 1.54) is 5.56 Å². The number of thioether (sulfide) groups is 1. The molecule has 0 radical (unpaired) electrons. The highest BCUT2D eigenvalue weighted by atomic mass is 79.9. The van der Waals surface area contributed by atoms with Crippen LogP contribution in [-0.4, -0.2) is 9.97 Å². The summed E-state index contributed by atoms with van der Waals surface area (Å²) >= 11 is 10.8. The van der Waals surface area contributed by atoms with Gasteiger partial charge in [0.25, 0.3) is 0 Å². The van der Waals surface area contributed by atoms with Crippen molar-refractivity contribution in [3.05, 3.63) is 45.5 Å². The number of aromatic nitrogens is 2. The maximum atomic E-state index is 5.84. The van der Waals surface area contributed by atoms with Crippen LogP contribution in [0.2, 0.25) is 5.02 Å². The molecule has 0 spiro atoms. The molecule has 0 aliphatic heterocycles. The van der Waals surface area contributed by atoms with E-state index in [2.05, 4.69) is 31.3 Å². The van der Waals surface area contributed by atoms with Crippen molar-refractivity contribution in [2.45, 2.75) is 10.8 Å². The van der Waals surface area contributed by atoms with Gasteiger partial charge in [0.15, 0.2) is 0 Å². The summed E-state index contributed by atoms with van der Waals surface area (Å²) in [6, 6.07) is 7.73. The second kappa shape index (κ2) is 6.38. The first kappa shape index (κ1) is 13.6. The van der Waals surface area contributed by atoms with Gasteiger partial charge in [-0.25, -0.2) is 15.8 Å². The first-order valence-electron chi connectivity index (χ1n) is 5.05. The molecule has 3 N–H and O–H groups in total. The summed E-state index contributed by atoms with van der Waals surface area (Å²) in [6.07, 6.45) is 1.67. The molecule has 18 heavy (non-hydrogen) atoms. The highest BCUT2D eigenvalue weighted by molar-refractivity contribution is 9.10. The average Bonchev–Trinajstić information content (AvgIpc) is 2.40. The van der Waals surface area contributed by atoms with Gasteiger partial charge in [-0.1, -0.05) is 23.7 Å². The number of hydrogen-bond acceptors (Lipinski definition) is 5. The molecule has 0 aliphatic rings. The van der Waals surface area contributed by atoms with Gasteiger partial charge in [0, 0.05) is 17.0 Å². The number of halogens is 2. The molecule has 0 aliphatic carbocycles. The minimum absolute atomic E-state index is 0.400. The topological polar surface area (TPSA) is 63.8 Å². The monoisotopic (exact) mass is 344 g/mol. The molecule has 2 rings (SSSR count). The number of benzene rings is 1. The van der Waals surface area contributed by atoms with Crippen LogP contribution in [0.15, 0.2) is 40.0 Å². The molecule has 1 heterocycles. The fraction of sp³-hybridized carbons (Fsp3) is 0.0909. The van der Waals surface area contributed by atoms with Crippen LogP contribution in [0.25, 0.3) is 0 Å². The third-order valence-corrected chi connectivity index (χ3v) is 4.29. The Balaban J connectivity index is 2.07. The number of hydrazine groups is 1. The van der Waals surface area contributed by atoms with Gasteiger partial charge in [-0.15, -0.1) is 11.8 Å². The third kappa shape index (κ3) is 3.58. The van der Waals surface area contributed by atoms with Crippen molar-refractivity contribution in [2.24, 2.45) is 5.84 Å². The predicted octanol–water partition coefficient (Wildman–Crippen LogP) is 3.47. The molecule has 0 saturated carbocycles. The van der Waals surface area contributed by atoms with E-state index in [1.54, 1.807) is 18.0 Å². The summed E-state index contributed by atoms with van der Waals surface area (Å²) in [4.78, 5) is 8.27. The predicted molar refractivity (Wildman–Crippen MR) is 78.6 cm³/mol. The van der Waals surface area contributed by atoms with E-state index in [9.17, 15) is 0 Å². The first-order chi connectivity index (χ1) is 8.69. The molecule has 7 heteroatoms. The van der Waals surface area contributed by atoms with Crippen LogP contribution >= 0.6 is 39.3 Å². The fourth-order valence-corrected chi connectivity index (χ4v) is 2.75. The van der Waals surface area contributed by atoms with Crippen LogP contribution < -0.4 is 11.3 Å². The zero-order chi connectivity index (χ0) is 13.0. The Hall–Kier alpha value is -0.820. The Morgan fingerprint density at radius 3 is 2.72 bits per heavy atom. The first-order valence-corrected chi connectivity index (χ1v) is 7.21. The maximum absolute atomic E-state index is 5.84. The second-order valence-corrected chi connectivity index (χ2v) is 5.66. The number of anilines is 1. The van der Waals surface area contributed by atoms with E-state index in [0.29, 0.717) is 5.95 Å². The van der Waals surface area contributed by atoms with Crippen LogP contribution in [0.3, 0.4) is 0 Å². The van der Waals surface area contributed by atoms with Gasteiger partial charge >= 0.3 is 0 Å². The lowest BCUT2D eigenvalue weighted by Gasteiger charge is -2.05. The lowest BCUT2D eigenvalue weighted by atomic mass is 10.2. The molecular formula is C11H10BrClN4S. The molecular weight excluding hydrogens is 336 g/mol. The summed E-state index contributed by atoms with van der Waals surface area (Å²) in [5.74, 6) is 6.48. The number of nitrogens with one attached hydrogen (secondary N) is 1. The zero-order valence-electron chi connectivity index (χ0n) is 9.23. The normalized spacial score (nSPS) is 10.4. The molecule has 1 aromatic heterocycles. The van der Waals surface area contributed by atoms with Crippen LogP contribution in [0.5, 0.6) is 0 Å². The molecule has 1 aromatic carbocycles. The van der Waals surface area contributed by atoms with Gasteiger partial charge in [-0.3, -0.25) is 5.43 Å². The van der Waals surface area contributed by atoms with Crippen molar-refractivity contribution in [1.29, 1.82) is 0 Å². The Morgan fingerprint density at radius 1 is 1.33 bits per heavy atom. The number of nitrogen functional groups attached to an aromatic ring is 1. The minimum Gasteiger partial charge on any atom is -0.292 e. The molecule has 4 nitrogen and oxygen atoms in total. The van der Waals surface area contributed by atoms with E-state index in [1.807, 2.05) is 24.3 Å². The number of hydrogen-bond donors (Lipinski definition) is 2. The van der Waals surface area contributed by atoms with Crippen molar-refractivity contribution in [3.8, 4) is 0 Å². The quantitative estimate of drug-likeness (QED) is 0.384. The van der Waals surface area contributed by atoms with Crippen molar-refractivity contribution >= 4 is 45.2 Å². The van der Waals surface area contributed by atoms with Gasteiger partial charge < -0.3 is 0 Å². The molecule has 94 valence electrons. The standard InChI is InChI=1S/C11H10BrClN4S/c12-9-5-15-11(17-14)16-10(9)18-6-7-1-3-8(13)4-2-7/h1-5H,6,14H2,(H,15,16,17). The fourth-order valence-electron chi connectivity index (χ4n) is 1.25. The number of rotatable bonds is 4. The van der Waals surface area contributed by atoms with Crippen molar-refractivity contribution in [1.82, 2.24) is 9.97 Å². The number of nitrogens with two attached hydrogens (primary N) is 1. The maximum Gasteiger partial charge on any atom is 0.238 e. The Labute approximate surface area is 122 Å². The molecule has 2 aromatic rings. The third-order valence-electron chi connectivity index (χ3n) is 2.13. The lowest BCUT2D eigenvalue weighted by molar-refractivity contribution is 1.01. The molecule has 0 saturated heterocycles. The van der Waals surface area contributed by atoms with E-state index in [0.717, 1.165) is 20.3 Å². The summed E-state index contributed by atoms with van der Waals surface area (Å²) in [7, 11) is 0. The molecule has 0 unspecified atom stereocenters. The second-order valence-electron chi connectivity index (χ2n) is 3.41. The summed E-state index contributed by atoms with van der Waals surface area (Å²) in [6.45, 7) is 0. The Kier molecular flexibility index (Phi) is 4.82. The van der Waals surface area contributed by atoms with Crippen LogP contribution in [0.1, 0.15) is 5.56 Å². The zero-order valence-corrected chi connectivity index (χ0v) is 12.4. The average molecular weight is 346 g/mol. The van der Waals surface area contributed by atoms with Gasteiger partial charge in [0.2, 0.25) is 5.95 Å². The van der Waals surface area contributed by atoms with E-state index < -0.39 is 0 Å². The molecule has 0 atom stereocenters. The smallest absolute Gasteiger partial charge is 0.238 e. The van der Waals surface area contributed by atoms with Crippen molar-refractivity contribution in [2.75, 3.05) is 5.43 Å². The molecule has 0 fully saturated rings. The van der Waals surface area contributed by atoms with Crippen molar-refractivity contribution < 1.29 is 0 Å². The Bertz CT molecular complexity index is 535. The van der Waals surface area contributed by atoms with Gasteiger partial charge in [0.1, 0.15) is 5.03 Å². The lowest BCUT2D eigenvalue weighted by Crippen LogP contribution is -2.10.